The Hall–Kier alpha value is -9.88. The van der Waals surface area contributed by atoms with Crippen LogP contribution >= 0.6 is 11.3 Å². The highest BCUT2D eigenvalue weighted by atomic mass is 32.1. The average molecular weight is 2000 g/mol. The van der Waals surface area contributed by atoms with Crippen LogP contribution in [-0.4, -0.2) is 133 Å². The van der Waals surface area contributed by atoms with Crippen LogP contribution < -0.4 is 48.3 Å². The average Bonchev–Trinajstić information content (AvgIpc) is 1.44. The molecule has 10 aromatic rings. The van der Waals surface area contributed by atoms with Crippen LogP contribution in [0.25, 0.3) is 0 Å². The summed E-state index contributed by atoms with van der Waals surface area (Å²) in [6.07, 6.45) is -0.176. The number of halogens is 9. The van der Waals surface area contributed by atoms with Gasteiger partial charge in [0.05, 0.1) is 95.8 Å². The minimum Gasteiger partial charge on any atom is -0.381 e. The summed E-state index contributed by atoms with van der Waals surface area (Å²) >= 11 is 1.67. The predicted octanol–water partition coefficient (Wildman–Crippen LogP) is 26.5. The van der Waals surface area contributed by atoms with E-state index in [1.165, 1.54) is 112 Å². The molecule has 0 spiro atoms. The van der Waals surface area contributed by atoms with Crippen molar-refractivity contribution in [2.45, 2.75) is 248 Å². The van der Waals surface area contributed by atoms with E-state index >= 15 is 0 Å². The van der Waals surface area contributed by atoms with Gasteiger partial charge in [-0.15, -0.1) is 11.3 Å². The molecule has 17 nitrogen and oxygen atoms in total. The van der Waals surface area contributed by atoms with E-state index in [-0.39, 0.29) is 112 Å². The van der Waals surface area contributed by atoms with Crippen molar-refractivity contribution in [3.63, 3.8) is 0 Å². The van der Waals surface area contributed by atoms with Crippen LogP contribution in [0.4, 0.5) is 68.0 Å². The summed E-state index contributed by atoms with van der Waals surface area (Å²) in [5.41, 5.74) is 20.9. The summed E-state index contributed by atoms with van der Waals surface area (Å²) in [4.78, 5) is 16.9. The molecule has 1 aliphatic carbocycles. The number of anilines is 5. The van der Waals surface area contributed by atoms with Crippen molar-refractivity contribution in [3.05, 3.63) is 313 Å². The number of benzene rings is 9. The highest BCUT2D eigenvalue weighted by Gasteiger charge is 2.50. The number of nitrogens with two attached hydrogens (primary N) is 1. The molecule has 3 unspecified atom stereocenters. The zero-order chi connectivity index (χ0) is 98.2. The number of nitrogens with one attached hydrogen (secondary N) is 8. The van der Waals surface area contributed by atoms with E-state index < -0.39 is 41.3 Å². The van der Waals surface area contributed by atoms with Gasteiger partial charge >= 0.3 is 18.5 Å². The van der Waals surface area contributed by atoms with Gasteiger partial charge < -0.3 is 81.8 Å². The van der Waals surface area contributed by atoms with Crippen LogP contribution in [0.5, 0.6) is 0 Å². The predicted molar refractivity (Wildman–Crippen MR) is 558 cm³/mol. The third-order valence-electron chi connectivity index (χ3n) is 30.0. The van der Waals surface area contributed by atoms with Gasteiger partial charge in [0.15, 0.2) is 0 Å². The Morgan fingerprint density at radius 3 is 1.22 bits per heavy atom. The Morgan fingerprint density at radius 2 is 0.811 bits per heavy atom. The maximum Gasteiger partial charge on any atom is 0.416 e. The number of alkyl halides is 9. The Kier molecular flexibility index (Phi) is 36.7. The fourth-order valence-electron chi connectivity index (χ4n) is 22.7. The zero-order valence-corrected chi connectivity index (χ0v) is 82.1. The van der Waals surface area contributed by atoms with Crippen molar-refractivity contribution in [2.75, 3.05) is 114 Å². The second kappa shape index (κ2) is 48.2. The number of ether oxygens (including phenoxy) is 5. The second-order valence-corrected chi connectivity index (χ2v) is 41.9. The molecule has 11 heterocycles. The molecule has 6 fully saturated rings. The van der Waals surface area contributed by atoms with Gasteiger partial charge in [0.25, 0.3) is 0 Å². The largest absolute Gasteiger partial charge is 0.416 e. The first-order valence-corrected chi connectivity index (χ1v) is 51.1. The smallest absolute Gasteiger partial charge is 0.381 e. The molecular weight excluding hydrogens is 1850 g/mol. The zero-order valence-electron chi connectivity index (χ0n) is 81.3. The van der Waals surface area contributed by atoms with Crippen LogP contribution in [0.2, 0.25) is 0 Å². The molecule has 143 heavy (non-hydrogen) atoms. The number of nitrogens with zero attached hydrogens (tertiary/aromatic N) is 2. The molecule has 5 saturated heterocycles. The molecule has 0 radical (unpaired) electrons. The first-order chi connectivity index (χ1) is 67.4. The van der Waals surface area contributed by atoms with Crippen LogP contribution in [0.1, 0.15) is 270 Å². The minimum atomic E-state index is -4.43. The number of hydrogen-bond acceptors (Lipinski definition) is 17. The van der Waals surface area contributed by atoms with E-state index in [1.807, 2.05) is 88.2 Å². The Balaban J connectivity index is 0.000000141. The lowest BCUT2D eigenvalue weighted by Gasteiger charge is -2.46. The number of hydrogen-bond donors (Lipinski definition) is 9. The van der Waals surface area contributed by atoms with Crippen LogP contribution in [0.3, 0.4) is 0 Å². The van der Waals surface area contributed by atoms with E-state index in [9.17, 15) is 44.3 Å². The van der Waals surface area contributed by atoms with E-state index in [1.54, 1.807) is 28.4 Å². The molecule has 1 amide bonds. The molecule has 10 aliphatic heterocycles. The van der Waals surface area contributed by atoms with Gasteiger partial charge in [0.2, 0.25) is 5.91 Å². The van der Waals surface area contributed by atoms with Crippen molar-refractivity contribution >= 4 is 45.7 Å². The van der Waals surface area contributed by atoms with Crippen molar-refractivity contribution in [2.24, 2.45) is 35.3 Å². The van der Waals surface area contributed by atoms with Gasteiger partial charge in [-0.2, -0.15) is 39.5 Å². The topological polar surface area (TPSA) is 192 Å². The molecule has 27 heteroatoms. The van der Waals surface area contributed by atoms with Gasteiger partial charge in [-0.1, -0.05) is 195 Å². The molecule has 10 N–H and O–H groups in total. The van der Waals surface area contributed by atoms with Crippen molar-refractivity contribution < 1.29 is 68.0 Å². The number of fused-ring (bicyclic) bond motifs is 15. The minimum absolute atomic E-state index is 0. The fourth-order valence-corrected chi connectivity index (χ4v) is 23.5. The van der Waals surface area contributed by atoms with Gasteiger partial charge in [-0.25, -0.2) is 0 Å². The van der Waals surface area contributed by atoms with Gasteiger partial charge in [0.1, 0.15) is 0 Å². The van der Waals surface area contributed by atoms with Gasteiger partial charge in [0, 0.05) is 163 Å². The number of amides is 1. The molecule has 11 aliphatic rings. The summed E-state index contributed by atoms with van der Waals surface area (Å²) in [5, 5.41) is 30.2. The summed E-state index contributed by atoms with van der Waals surface area (Å²) < 4.78 is 152. The summed E-state index contributed by atoms with van der Waals surface area (Å²) in [5.74, 6) is 1.92. The van der Waals surface area contributed by atoms with Gasteiger partial charge in [-0.3, -0.25) is 4.79 Å². The molecule has 1 aromatic heterocycles. The molecule has 0 bridgehead atoms. The van der Waals surface area contributed by atoms with E-state index in [0.29, 0.717) is 85.2 Å². The van der Waals surface area contributed by atoms with Crippen molar-refractivity contribution in [3.8, 4) is 0 Å². The lowest BCUT2D eigenvalue weighted by atomic mass is 9.75. The summed E-state index contributed by atoms with van der Waals surface area (Å²) in [6, 6.07) is 72.4. The highest BCUT2D eigenvalue weighted by Crippen LogP contribution is 2.58. The standard InChI is InChI=1S/C24H28F3N3O2.C24H32N2O.C23H28N2O.C22H28F3N3OS.C20H20F3NO.3CH4/c1-15(31)30(12-11-28)14-18-8-9-19-22(16-5-3-2-4-6-16)29-21-10-7-17(24(25,26)27)13-20(21)23(19)32-18;1-24(2,3)17-10-13-21-20(14-17)23-19(12-11-18(27-23)15-25-4)22(26-21)16-8-6-5-7-9-16;1-24-14-18-10-11-19-22(16-5-3-2-4-6-16)25-21-12-9-17(15-7-8-15)13-20(21)23(19)26-18;1-28(2)10-9-26-13-15-6-7-16-20(19-4-3-11-30-19)27-18-8-5-14(22(23,24)25)12-17(18)21(16)29-15;21-20(22,23)14-8-9-17-16(12-14)19-15(7-4-10-25-19)18(24-17)11-13-5-2-1-3-6-13;;;/h2-7,10,13,18-19,22-23,29H,8-9,11-12,14,28H2,1H3;5-10,13-14,18-19,22-23,25-26H,11-12,15H2,1-4H3;2-6,9,12-13,15,18-19,22-25H,7-8,10-11,14H2,1H3;3-5,8,11-12,15-16,20-21,26-27H,6-7,9-10,13H2,1-2H3;1-3,5-6,8-9,12,15,18-19,24H,4,7,10-11H2;3*1H4/t3*18-,19+,22+,23+;15-,16+,20-,21+;;;;/m1111..../s1. The van der Waals surface area contributed by atoms with E-state index in [4.69, 9.17) is 29.4 Å². The monoisotopic (exact) mass is 1990 g/mol. The van der Waals surface area contributed by atoms with E-state index in [2.05, 4.69) is 183 Å². The number of likely N-dealkylation sites (N-methyl/N-ethyl adjacent to an activating group) is 3. The molecule has 21 rings (SSSR count). The number of carbonyl (C=O) groups excluding carboxylic acids is 1. The van der Waals surface area contributed by atoms with Gasteiger partial charge in [-0.05, 0) is 235 Å². The molecule has 19 atom stereocenters. The third kappa shape index (κ3) is 26.2. The second-order valence-electron chi connectivity index (χ2n) is 40.9. The molecule has 772 valence electrons. The van der Waals surface area contributed by atoms with Crippen molar-refractivity contribution in [1.29, 1.82) is 0 Å². The number of carbonyl (C=O) groups is 1. The molecular formula is C116H148F9N11O6S. The summed E-state index contributed by atoms with van der Waals surface area (Å²) in [6.45, 7) is 14.4. The lowest BCUT2D eigenvalue weighted by molar-refractivity contribution is -0.139. The number of thiophene rings is 1. The SMILES string of the molecule is C.C.C.CC(=O)N(CCN)C[C@H]1CC[C@@H]2[C@H](O1)c1cc(C(F)(F)F)ccc1N[C@H]2c1ccccc1.CN(C)CCNC[C@H]1CC[C@@H]2[C@H](O1)c1cc(C(F)(F)F)ccc1N[C@H]2c1cccs1.CNC[C@H]1CC[C@@H]2[C@H](O1)c1cc(C(C)(C)C)ccc1N[C@H]2c1ccccc1.CNC[C@H]1CC[C@@H]2[C@H](O1)c1cc(C3CC3)ccc1N[C@H]2c1ccccc1.FC(F)(F)c1ccc2c(c1)C1OCCCC1C(Cc1ccccc1)N2. The Bertz CT molecular complexity index is 5700. The lowest BCUT2D eigenvalue weighted by Crippen LogP contribution is -2.45. The first-order valence-electron chi connectivity index (χ1n) is 50.2. The number of rotatable bonds is 20. The first kappa shape index (κ1) is 109. The maximum atomic E-state index is 13.4. The quantitative estimate of drug-likeness (QED) is 0.0258. The van der Waals surface area contributed by atoms with Crippen molar-refractivity contribution in [1.82, 2.24) is 25.8 Å². The Labute approximate surface area is 844 Å². The molecule has 9 aromatic carbocycles. The highest BCUT2D eigenvalue weighted by molar-refractivity contribution is 7.10. The molecule has 1 saturated carbocycles. The maximum absolute atomic E-state index is 13.4. The fraction of sp³-hybridized carbons (Fsp3) is 0.491. The normalized spacial score (nSPS) is 26.2. The van der Waals surface area contributed by atoms with E-state index in [0.717, 1.165) is 125 Å². The van der Waals surface area contributed by atoms with Crippen LogP contribution in [-0.2, 0) is 58.8 Å². The Morgan fingerprint density at radius 1 is 0.420 bits per heavy atom. The third-order valence-corrected chi connectivity index (χ3v) is 30.9. The van der Waals surface area contributed by atoms with Crippen LogP contribution in [0, 0.1) is 29.6 Å². The van der Waals surface area contributed by atoms with Crippen LogP contribution in [0.15, 0.2) is 230 Å². The summed E-state index contributed by atoms with van der Waals surface area (Å²) in [7, 11) is 8.08.